The summed E-state index contributed by atoms with van der Waals surface area (Å²) >= 11 is 1.90. The van der Waals surface area contributed by atoms with Gasteiger partial charge in [0.05, 0.1) is 19.2 Å². The zero-order valence-electron chi connectivity index (χ0n) is 11.9. The SMILES string of the molecule is CCn1nc(C)cc1CSCC1(CC(=O)OC)CC1. The summed E-state index contributed by atoms with van der Waals surface area (Å²) in [5.74, 6) is 1.93. The van der Waals surface area contributed by atoms with Gasteiger partial charge in [-0.25, -0.2) is 0 Å². The highest BCUT2D eigenvalue weighted by atomic mass is 32.2. The Morgan fingerprint density at radius 3 is 2.89 bits per heavy atom. The summed E-state index contributed by atoms with van der Waals surface area (Å²) < 4.78 is 6.83. The molecule has 0 spiro atoms. The van der Waals surface area contributed by atoms with E-state index in [9.17, 15) is 4.79 Å². The molecule has 0 aromatic carbocycles. The van der Waals surface area contributed by atoms with Crippen LogP contribution in [0.2, 0.25) is 0 Å². The summed E-state index contributed by atoms with van der Waals surface area (Å²) in [7, 11) is 1.47. The van der Waals surface area contributed by atoms with Crippen molar-refractivity contribution in [1.29, 1.82) is 0 Å². The maximum absolute atomic E-state index is 11.4. The minimum atomic E-state index is -0.0763. The molecule has 0 unspecified atom stereocenters. The van der Waals surface area contributed by atoms with Crippen LogP contribution in [0.3, 0.4) is 0 Å². The molecule has 1 saturated carbocycles. The number of esters is 1. The molecule has 1 aliphatic rings. The zero-order chi connectivity index (χ0) is 13.9. The molecule has 1 fully saturated rings. The number of rotatable bonds is 7. The largest absolute Gasteiger partial charge is 0.469 e. The topological polar surface area (TPSA) is 44.1 Å². The van der Waals surface area contributed by atoms with Gasteiger partial charge in [0.25, 0.3) is 0 Å². The van der Waals surface area contributed by atoms with Crippen molar-refractivity contribution in [2.45, 2.75) is 45.4 Å². The number of methoxy groups -OCH3 is 1. The third-order valence-corrected chi connectivity index (χ3v) is 4.96. The van der Waals surface area contributed by atoms with E-state index in [4.69, 9.17) is 4.74 Å². The van der Waals surface area contributed by atoms with Gasteiger partial charge in [-0.2, -0.15) is 16.9 Å². The van der Waals surface area contributed by atoms with Gasteiger partial charge in [-0.15, -0.1) is 0 Å². The maximum atomic E-state index is 11.4. The molecule has 19 heavy (non-hydrogen) atoms. The Hall–Kier alpha value is -0.970. The molecule has 1 aromatic rings. The van der Waals surface area contributed by atoms with E-state index in [2.05, 4.69) is 22.8 Å². The number of aromatic nitrogens is 2. The number of aryl methyl sites for hydroxylation is 2. The number of carbonyl (C=O) groups excluding carboxylic acids is 1. The first-order valence-electron chi connectivity index (χ1n) is 6.76. The lowest BCUT2D eigenvalue weighted by atomic mass is 10.1. The van der Waals surface area contributed by atoms with E-state index in [0.717, 1.165) is 36.6 Å². The number of hydrogen-bond acceptors (Lipinski definition) is 4. The van der Waals surface area contributed by atoms with Gasteiger partial charge < -0.3 is 4.74 Å². The molecule has 1 aromatic heterocycles. The molecule has 0 saturated heterocycles. The fourth-order valence-corrected chi connectivity index (χ4v) is 3.66. The van der Waals surface area contributed by atoms with Crippen molar-refractivity contribution in [1.82, 2.24) is 9.78 Å². The number of ether oxygens (including phenoxy) is 1. The Balaban J connectivity index is 1.81. The van der Waals surface area contributed by atoms with E-state index in [-0.39, 0.29) is 11.4 Å². The van der Waals surface area contributed by atoms with Crippen LogP contribution in [-0.2, 0) is 21.8 Å². The van der Waals surface area contributed by atoms with Crippen LogP contribution in [0.25, 0.3) is 0 Å². The first-order valence-corrected chi connectivity index (χ1v) is 7.92. The van der Waals surface area contributed by atoms with Gasteiger partial charge in [0.15, 0.2) is 0 Å². The van der Waals surface area contributed by atoms with E-state index >= 15 is 0 Å². The van der Waals surface area contributed by atoms with Crippen molar-refractivity contribution in [3.8, 4) is 0 Å². The van der Waals surface area contributed by atoms with Gasteiger partial charge in [0.1, 0.15) is 0 Å². The van der Waals surface area contributed by atoms with E-state index < -0.39 is 0 Å². The highest BCUT2D eigenvalue weighted by molar-refractivity contribution is 7.98. The maximum Gasteiger partial charge on any atom is 0.306 e. The van der Waals surface area contributed by atoms with E-state index in [1.807, 2.05) is 18.7 Å². The molecular weight excluding hydrogens is 260 g/mol. The van der Waals surface area contributed by atoms with Crippen LogP contribution in [0.4, 0.5) is 0 Å². The third kappa shape index (κ3) is 3.75. The molecule has 0 atom stereocenters. The summed E-state index contributed by atoms with van der Waals surface area (Å²) in [6.07, 6.45) is 2.88. The lowest BCUT2D eigenvalue weighted by molar-refractivity contribution is -0.141. The zero-order valence-corrected chi connectivity index (χ0v) is 12.8. The van der Waals surface area contributed by atoms with Crippen LogP contribution in [0.5, 0.6) is 0 Å². The van der Waals surface area contributed by atoms with Crippen LogP contribution in [-0.4, -0.2) is 28.6 Å². The lowest BCUT2D eigenvalue weighted by Gasteiger charge is -2.13. The molecule has 1 heterocycles. The van der Waals surface area contributed by atoms with Crippen molar-refractivity contribution >= 4 is 17.7 Å². The summed E-state index contributed by atoms with van der Waals surface area (Å²) in [6.45, 7) is 5.05. The molecule has 5 heteroatoms. The number of hydrogen-bond donors (Lipinski definition) is 0. The molecule has 106 valence electrons. The first kappa shape index (κ1) is 14.4. The molecule has 1 aliphatic carbocycles. The fourth-order valence-electron chi connectivity index (χ4n) is 2.29. The molecule has 0 amide bonds. The number of carbonyl (C=O) groups is 1. The second-order valence-corrected chi connectivity index (χ2v) is 6.32. The second-order valence-electron chi connectivity index (χ2n) is 5.34. The van der Waals surface area contributed by atoms with Gasteiger partial charge in [-0.3, -0.25) is 9.48 Å². The predicted octanol–water partition coefficient (Wildman–Crippen LogP) is 2.79. The molecule has 0 N–H and O–H groups in total. The average Bonchev–Trinajstić information content (AvgIpc) is 3.04. The minimum Gasteiger partial charge on any atom is -0.469 e. The molecule has 0 aliphatic heterocycles. The Kier molecular flexibility index (Phi) is 4.55. The normalized spacial score (nSPS) is 16.4. The third-order valence-electron chi connectivity index (χ3n) is 3.65. The Bertz CT molecular complexity index is 452. The lowest BCUT2D eigenvalue weighted by Crippen LogP contribution is -2.13. The second kappa shape index (κ2) is 5.99. The average molecular weight is 282 g/mol. The van der Waals surface area contributed by atoms with Crippen molar-refractivity contribution in [3.63, 3.8) is 0 Å². The number of thioether (sulfide) groups is 1. The fraction of sp³-hybridized carbons (Fsp3) is 0.714. The van der Waals surface area contributed by atoms with Crippen LogP contribution < -0.4 is 0 Å². The Labute approximate surface area is 118 Å². The smallest absolute Gasteiger partial charge is 0.306 e. The van der Waals surface area contributed by atoms with Crippen LogP contribution in [0, 0.1) is 12.3 Å². The molecule has 4 nitrogen and oxygen atoms in total. The highest BCUT2D eigenvalue weighted by Gasteiger charge is 2.44. The van der Waals surface area contributed by atoms with E-state index in [0.29, 0.717) is 6.42 Å². The summed E-state index contributed by atoms with van der Waals surface area (Å²) in [5, 5.41) is 4.45. The Morgan fingerprint density at radius 2 is 2.32 bits per heavy atom. The number of nitrogens with zero attached hydrogens (tertiary/aromatic N) is 2. The molecule has 0 radical (unpaired) electrons. The summed E-state index contributed by atoms with van der Waals surface area (Å²) in [6, 6.07) is 2.15. The van der Waals surface area contributed by atoms with Crippen molar-refractivity contribution in [2.75, 3.05) is 12.9 Å². The molecular formula is C14H22N2O2S. The first-order chi connectivity index (χ1) is 9.08. The Morgan fingerprint density at radius 1 is 1.58 bits per heavy atom. The van der Waals surface area contributed by atoms with E-state index in [1.54, 1.807) is 0 Å². The highest BCUT2D eigenvalue weighted by Crippen LogP contribution is 2.51. The van der Waals surface area contributed by atoms with Gasteiger partial charge in [-0.1, -0.05) is 0 Å². The van der Waals surface area contributed by atoms with Gasteiger partial charge in [0.2, 0.25) is 0 Å². The predicted molar refractivity (Wildman–Crippen MR) is 77.1 cm³/mol. The van der Waals surface area contributed by atoms with Gasteiger partial charge >= 0.3 is 5.97 Å². The van der Waals surface area contributed by atoms with E-state index in [1.165, 1.54) is 12.8 Å². The monoisotopic (exact) mass is 282 g/mol. The minimum absolute atomic E-state index is 0.0763. The van der Waals surface area contributed by atoms with Crippen LogP contribution >= 0.6 is 11.8 Å². The van der Waals surface area contributed by atoms with Crippen LogP contribution in [0.15, 0.2) is 6.07 Å². The van der Waals surface area contributed by atoms with Gasteiger partial charge in [0, 0.05) is 18.0 Å². The quantitative estimate of drug-likeness (QED) is 0.721. The van der Waals surface area contributed by atoms with Crippen molar-refractivity contribution in [3.05, 3.63) is 17.5 Å². The van der Waals surface area contributed by atoms with Crippen molar-refractivity contribution in [2.24, 2.45) is 5.41 Å². The molecule has 0 bridgehead atoms. The standard InChI is InChI=1S/C14H22N2O2S/c1-4-16-12(7-11(2)15-16)9-19-10-14(5-6-14)8-13(17)18-3/h7H,4-6,8-10H2,1-3H3. The van der Waals surface area contributed by atoms with Crippen LogP contribution in [0.1, 0.15) is 37.6 Å². The van der Waals surface area contributed by atoms with Crippen molar-refractivity contribution < 1.29 is 9.53 Å². The molecule has 2 rings (SSSR count). The van der Waals surface area contributed by atoms with Gasteiger partial charge in [-0.05, 0) is 43.9 Å². The summed E-state index contributed by atoms with van der Waals surface area (Å²) in [4.78, 5) is 11.4. The summed E-state index contributed by atoms with van der Waals surface area (Å²) in [5.41, 5.74) is 2.57.